The molecule has 1 aromatic heterocycles. The van der Waals surface area contributed by atoms with Crippen molar-refractivity contribution in [2.24, 2.45) is 5.92 Å². The summed E-state index contributed by atoms with van der Waals surface area (Å²) in [5.41, 5.74) is 0.327. The van der Waals surface area contributed by atoms with Crippen molar-refractivity contribution in [1.82, 2.24) is 20.5 Å². The predicted octanol–water partition coefficient (Wildman–Crippen LogP) is 1.96. The van der Waals surface area contributed by atoms with Gasteiger partial charge in [-0.3, -0.25) is 14.7 Å². The Morgan fingerprint density at radius 2 is 2.04 bits per heavy atom. The number of H-pyrrole nitrogens is 1. The molecule has 1 aliphatic heterocycles. The summed E-state index contributed by atoms with van der Waals surface area (Å²) >= 11 is 0. The summed E-state index contributed by atoms with van der Waals surface area (Å²) in [7, 11) is 0. The molecule has 1 atom stereocenters. The Kier molecular flexibility index (Phi) is 3.99. The van der Waals surface area contributed by atoms with Crippen LogP contribution in [0.1, 0.15) is 37.9 Å². The van der Waals surface area contributed by atoms with Crippen molar-refractivity contribution in [2.45, 2.75) is 44.2 Å². The molecule has 2 aromatic rings. The van der Waals surface area contributed by atoms with Crippen LogP contribution >= 0.6 is 0 Å². The van der Waals surface area contributed by atoms with E-state index in [0.717, 1.165) is 31.2 Å². The first kappa shape index (κ1) is 15.8. The quantitative estimate of drug-likeness (QED) is 0.829. The summed E-state index contributed by atoms with van der Waals surface area (Å²) in [4.78, 5) is 28.7. The Morgan fingerprint density at radius 3 is 2.80 bits per heavy atom. The molecule has 7 heteroatoms. The molecule has 1 aromatic carbocycles. The maximum atomic E-state index is 12.6. The van der Waals surface area contributed by atoms with Crippen LogP contribution in [0.25, 0.3) is 11.4 Å². The third-order valence-electron chi connectivity index (χ3n) is 5.08. The van der Waals surface area contributed by atoms with Crippen molar-refractivity contribution in [3.05, 3.63) is 36.2 Å². The minimum absolute atomic E-state index is 0.148. The van der Waals surface area contributed by atoms with Gasteiger partial charge in [0.25, 0.3) is 0 Å². The van der Waals surface area contributed by atoms with E-state index in [2.05, 4.69) is 20.5 Å². The van der Waals surface area contributed by atoms with E-state index in [4.69, 9.17) is 4.74 Å². The number of nitrogens with one attached hydrogen (secondary N) is 2. The number of hydrogen-bond acceptors (Lipinski definition) is 5. The Bertz CT molecular complexity index is 781. The molecule has 7 nitrogen and oxygen atoms in total. The molecule has 2 heterocycles. The highest BCUT2D eigenvalue weighted by molar-refractivity contribution is 5.87. The van der Waals surface area contributed by atoms with Crippen molar-refractivity contribution < 1.29 is 14.3 Å². The van der Waals surface area contributed by atoms with Gasteiger partial charge in [-0.25, -0.2) is 4.98 Å². The number of carbonyl (C=O) groups is 2. The van der Waals surface area contributed by atoms with Gasteiger partial charge in [-0.05, 0) is 25.7 Å². The zero-order chi connectivity index (χ0) is 17.3. The Morgan fingerprint density at radius 1 is 1.28 bits per heavy atom. The topological polar surface area (TPSA) is 97.0 Å². The molecule has 2 fully saturated rings. The normalized spacial score (nSPS) is 21.4. The molecule has 2 aliphatic rings. The van der Waals surface area contributed by atoms with Crippen molar-refractivity contribution in [2.75, 3.05) is 0 Å². The zero-order valence-electron chi connectivity index (χ0n) is 13.8. The minimum atomic E-state index is -0.586. The van der Waals surface area contributed by atoms with Crippen LogP contribution in [0, 0.1) is 5.92 Å². The van der Waals surface area contributed by atoms with E-state index >= 15 is 0 Å². The lowest BCUT2D eigenvalue weighted by Crippen LogP contribution is -2.42. The van der Waals surface area contributed by atoms with E-state index in [0.29, 0.717) is 11.6 Å². The van der Waals surface area contributed by atoms with Crippen LogP contribution in [0.3, 0.4) is 0 Å². The average molecular weight is 340 g/mol. The van der Waals surface area contributed by atoms with Gasteiger partial charge in [-0.1, -0.05) is 30.3 Å². The highest BCUT2D eigenvalue weighted by Gasteiger charge is 2.53. The fourth-order valence-corrected chi connectivity index (χ4v) is 3.83. The van der Waals surface area contributed by atoms with Gasteiger partial charge in [-0.15, -0.1) is 0 Å². The van der Waals surface area contributed by atoms with Gasteiger partial charge < -0.3 is 10.1 Å². The van der Waals surface area contributed by atoms with Crippen LogP contribution in [0.15, 0.2) is 30.3 Å². The number of benzene rings is 1. The van der Waals surface area contributed by atoms with Crippen molar-refractivity contribution in [1.29, 1.82) is 0 Å². The monoisotopic (exact) mass is 340 g/mol. The number of ether oxygens (including phenoxy) is 1. The second kappa shape index (κ2) is 6.31. The summed E-state index contributed by atoms with van der Waals surface area (Å²) in [5.74, 6) is 0.354. The summed E-state index contributed by atoms with van der Waals surface area (Å²) in [6.45, 7) is 0.249. The lowest BCUT2D eigenvalue weighted by molar-refractivity contribution is -0.150. The average Bonchev–Trinajstić information content (AvgIpc) is 3.35. The second-order valence-electron chi connectivity index (χ2n) is 6.69. The first-order valence-electron chi connectivity index (χ1n) is 8.62. The Hall–Kier alpha value is -2.70. The molecular formula is C18H20N4O3. The number of amides is 1. The van der Waals surface area contributed by atoms with Crippen molar-refractivity contribution in [3.8, 4) is 11.4 Å². The number of aromatic amines is 1. The lowest BCUT2D eigenvalue weighted by atomic mass is 9.85. The maximum Gasteiger partial charge on any atom is 0.307 e. The van der Waals surface area contributed by atoms with E-state index in [9.17, 15) is 9.59 Å². The van der Waals surface area contributed by atoms with Gasteiger partial charge in [0.1, 0.15) is 11.4 Å². The Labute approximate surface area is 145 Å². The number of hydrogen-bond donors (Lipinski definition) is 2. The first-order valence-corrected chi connectivity index (χ1v) is 8.62. The molecule has 1 spiro atoms. The molecule has 1 saturated heterocycles. The summed E-state index contributed by atoms with van der Waals surface area (Å²) in [6.07, 6.45) is 3.71. The highest BCUT2D eigenvalue weighted by Crippen LogP contribution is 2.45. The molecular weight excluding hydrogens is 320 g/mol. The fraction of sp³-hybridized carbons (Fsp3) is 0.444. The number of esters is 1. The standard InChI is InChI=1S/C18H20N4O3/c23-15-10-13(18(25-15)8-4-5-9-18)17(24)19-11-14-20-16(22-21-14)12-6-2-1-3-7-12/h1-3,6-7,13H,4-5,8-11H2,(H,19,24)(H,20,21,22). The van der Waals surface area contributed by atoms with Crippen LogP contribution in [0.2, 0.25) is 0 Å². The van der Waals surface area contributed by atoms with E-state index in [-0.39, 0.29) is 24.8 Å². The van der Waals surface area contributed by atoms with Crippen LogP contribution in [-0.2, 0) is 20.9 Å². The van der Waals surface area contributed by atoms with E-state index in [1.165, 1.54) is 0 Å². The molecule has 2 N–H and O–H groups in total. The molecule has 1 unspecified atom stereocenters. The van der Waals surface area contributed by atoms with Gasteiger partial charge in [-0.2, -0.15) is 5.10 Å². The number of carbonyl (C=O) groups excluding carboxylic acids is 2. The first-order chi connectivity index (χ1) is 12.2. The second-order valence-corrected chi connectivity index (χ2v) is 6.69. The number of nitrogens with zero attached hydrogens (tertiary/aromatic N) is 2. The highest BCUT2D eigenvalue weighted by atomic mass is 16.6. The predicted molar refractivity (Wildman–Crippen MR) is 89.1 cm³/mol. The smallest absolute Gasteiger partial charge is 0.307 e. The molecule has 25 heavy (non-hydrogen) atoms. The minimum Gasteiger partial charge on any atom is -0.458 e. The summed E-state index contributed by atoms with van der Waals surface area (Å²) in [5, 5.41) is 9.90. The lowest BCUT2D eigenvalue weighted by Gasteiger charge is -2.27. The summed E-state index contributed by atoms with van der Waals surface area (Å²) in [6, 6.07) is 9.63. The molecule has 4 rings (SSSR count). The Balaban J connectivity index is 1.41. The van der Waals surface area contributed by atoms with Gasteiger partial charge in [0.2, 0.25) is 5.91 Å². The molecule has 1 saturated carbocycles. The molecule has 0 radical (unpaired) electrons. The van der Waals surface area contributed by atoms with Gasteiger partial charge in [0.05, 0.1) is 18.9 Å². The van der Waals surface area contributed by atoms with Crippen LogP contribution in [0.5, 0.6) is 0 Å². The van der Waals surface area contributed by atoms with Gasteiger partial charge >= 0.3 is 5.97 Å². The van der Waals surface area contributed by atoms with E-state index in [1.807, 2.05) is 30.3 Å². The van der Waals surface area contributed by atoms with Crippen molar-refractivity contribution in [3.63, 3.8) is 0 Å². The van der Waals surface area contributed by atoms with Gasteiger partial charge in [0, 0.05) is 5.56 Å². The van der Waals surface area contributed by atoms with Crippen LogP contribution < -0.4 is 5.32 Å². The third kappa shape index (κ3) is 3.01. The van der Waals surface area contributed by atoms with E-state index < -0.39 is 11.5 Å². The number of rotatable bonds is 4. The van der Waals surface area contributed by atoms with E-state index in [1.54, 1.807) is 0 Å². The molecule has 130 valence electrons. The number of aromatic nitrogens is 3. The third-order valence-corrected chi connectivity index (χ3v) is 5.08. The molecule has 1 aliphatic carbocycles. The van der Waals surface area contributed by atoms with Crippen LogP contribution in [0.4, 0.5) is 0 Å². The maximum absolute atomic E-state index is 12.6. The van der Waals surface area contributed by atoms with Crippen molar-refractivity contribution >= 4 is 11.9 Å². The summed E-state index contributed by atoms with van der Waals surface area (Å²) < 4.78 is 5.52. The molecule has 1 amide bonds. The zero-order valence-corrected chi connectivity index (χ0v) is 13.8. The fourth-order valence-electron chi connectivity index (χ4n) is 3.83. The SMILES string of the molecule is O=C1CC(C(=O)NCc2nc(-c3ccccc3)n[nH]2)C2(CCCC2)O1. The van der Waals surface area contributed by atoms with Crippen LogP contribution in [-0.4, -0.2) is 32.7 Å². The largest absolute Gasteiger partial charge is 0.458 e. The van der Waals surface area contributed by atoms with Gasteiger partial charge in [0.15, 0.2) is 5.82 Å². The molecule has 0 bridgehead atoms.